The number of phenolic OH excluding ortho intramolecular Hbond substituents is 1. The Labute approximate surface area is 103 Å². The highest BCUT2D eigenvalue weighted by molar-refractivity contribution is 6.07. The first kappa shape index (κ1) is 13.7. The zero-order valence-electron chi connectivity index (χ0n) is 9.95. The van der Waals surface area contributed by atoms with Crippen LogP contribution in [0.15, 0.2) is 24.3 Å². The molecule has 2 N–H and O–H groups in total. The van der Waals surface area contributed by atoms with Crippen molar-refractivity contribution in [2.45, 2.75) is 19.9 Å². The molecule has 0 saturated heterocycles. The largest absolute Gasteiger partial charge is 0.507 e. The van der Waals surface area contributed by atoms with E-state index in [9.17, 15) is 19.5 Å². The molecular weight excluding hydrogens is 238 g/mol. The normalized spacial score (nSPS) is 11.7. The quantitative estimate of drug-likeness (QED) is 0.830. The fourth-order valence-electron chi connectivity index (χ4n) is 1.49. The van der Waals surface area contributed by atoms with Crippen molar-refractivity contribution in [3.8, 4) is 5.75 Å². The maximum Gasteiger partial charge on any atom is 0.326 e. The number of rotatable bonds is 3. The minimum atomic E-state index is -1.30. The van der Waals surface area contributed by atoms with E-state index in [0.29, 0.717) is 4.90 Å². The lowest BCUT2D eigenvalue weighted by molar-refractivity contribution is -0.146. The second-order valence-electron chi connectivity index (χ2n) is 3.73. The molecule has 0 aliphatic carbocycles. The summed E-state index contributed by atoms with van der Waals surface area (Å²) in [4.78, 5) is 34.9. The van der Waals surface area contributed by atoms with Crippen molar-refractivity contribution >= 4 is 17.8 Å². The lowest BCUT2D eigenvalue weighted by Gasteiger charge is -2.23. The number of benzene rings is 1. The van der Waals surface area contributed by atoms with Gasteiger partial charge in [0.25, 0.3) is 5.91 Å². The molecule has 1 aromatic rings. The molecule has 1 rings (SSSR count). The summed E-state index contributed by atoms with van der Waals surface area (Å²) in [5.41, 5.74) is -0.110. The average Bonchev–Trinajstić information content (AvgIpc) is 2.28. The van der Waals surface area contributed by atoms with Crippen molar-refractivity contribution in [3.05, 3.63) is 29.8 Å². The summed E-state index contributed by atoms with van der Waals surface area (Å²) in [7, 11) is 0. The van der Waals surface area contributed by atoms with Crippen LogP contribution >= 0.6 is 0 Å². The number of carbonyl (C=O) groups excluding carboxylic acids is 2. The molecule has 0 fully saturated rings. The van der Waals surface area contributed by atoms with Crippen LogP contribution < -0.4 is 0 Å². The Bertz CT molecular complexity index is 497. The topological polar surface area (TPSA) is 94.9 Å². The van der Waals surface area contributed by atoms with Gasteiger partial charge in [0.15, 0.2) is 0 Å². The molecule has 96 valence electrons. The summed E-state index contributed by atoms with van der Waals surface area (Å²) in [6.45, 7) is 2.32. The number of imide groups is 1. The standard InChI is InChI=1S/C12H13NO5/c1-7(12(17)18)13(8(2)14)11(16)9-5-3-4-6-10(9)15/h3-7,15H,1-2H3,(H,17,18)/t7-/m0/s1. The predicted octanol–water partition coefficient (Wildman–Crippen LogP) is 0.854. The number of hydrogen-bond donors (Lipinski definition) is 2. The van der Waals surface area contributed by atoms with Crippen molar-refractivity contribution in [3.63, 3.8) is 0 Å². The van der Waals surface area contributed by atoms with Gasteiger partial charge in [0.1, 0.15) is 11.8 Å². The van der Waals surface area contributed by atoms with Crippen LogP contribution in [0, 0.1) is 0 Å². The lowest BCUT2D eigenvalue weighted by Crippen LogP contribution is -2.46. The van der Waals surface area contributed by atoms with Gasteiger partial charge in [0, 0.05) is 6.92 Å². The molecule has 0 aliphatic heterocycles. The molecule has 0 spiro atoms. The molecule has 1 atom stereocenters. The van der Waals surface area contributed by atoms with Crippen LogP contribution in [0.3, 0.4) is 0 Å². The highest BCUT2D eigenvalue weighted by atomic mass is 16.4. The Kier molecular flexibility index (Phi) is 4.04. The number of carboxylic acids is 1. The molecule has 0 unspecified atom stereocenters. The minimum Gasteiger partial charge on any atom is -0.507 e. The molecule has 0 bridgehead atoms. The van der Waals surface area contributed by atoms with Crippen molar-refractivity contribution in [2.75, 3.05) is 0 Å². The van der Waals surface area contributed by atoms with Crippen LogP contribution in [0.1, 0.15) is 24.2 Å². The zero-order chi connectivity index (χ0) is 13.9. The molecule has 0 heterocycles. The van der Waals surface area contributed by atoms with Crippen molar-refractivity contribution < 1.29 is 24.6 Å². The number of hydrogen-bond acceptors (Lipinski definition) is 4. The van der Waals surface area contributed by atoms with Crippen LogP contribution in [0.5, 0.6) is 5.75 Å². The summed E-state index contributed by atoms with van der Waals surface area (Å²) in [5.74, 6) is -3.13. The van der Waals surface area contributed by atoms with Gasteiger partial charge in [-0.2, -0.15) is 0 Å². The number of carbonyl (C=O) groups is 3. The van der Waals surface area contributed by atoms with Gasteiger partial charge in [0.05, 0.1) is 5.56 Å². The van der Waals surface area contributed by atoms with Crippen molar-refractivity contribution in [1.29, 1.82) is 0 Å². The van der Waals surface area contributed by atoms with E-state index in [2.05, 4.69) is 0 Å². The Hall–Kier alpha value is -2.37. The third-order valence-electron chi connectivity index (χ3n) is 2.44. The second kappa shape index (κ2) is 5.31. The maximum atomic E-state index is 12.0. The van der Waals surface area contributed by atoms with E-state index in [0.717, 1.165) is 6.92 Å². The molecule has 0 radical (unpaired) electrons. The van der Waals surface area contributed by atoms with Gasteiger partial charge in [-0.15, -0.1) is 0 Å². The van der Waals surface area contributed by atoms with E-state index in [4.69, 9.17) is 5.11 Å². The molecule has 0 aromatic heterocycles. The van der Waals surface area contributed by atoms with Crippen LogP contribution in [0.2, 0.25) is 0 Å². The summed E-state index contributed by atoms with van der Waals surface area (Å²) >= 11 is 0. The van der Waals surface area contributed by atoms with Gasteiger partial charge < -0.3 is 10.2 Å². The molecule has 6 nitrogen and oxygen atoms in total. The average molecular weight is 251 g/mol. The number of para-hydroxylation sites is 1. The summed E-state index contributed by atoms with van der Waals surface area (Å²) in [5, 5.41) is 18.4. The van der Waals surface area contributed by atoms with Gasteiger partial charge >= 0.3 is 5.97 Å². The molecule has 0 aliphatic rings. The van der Waals surface area contributed by atoms with Crippen LogP contribution in [0.25, 0.3) is 0 Å². The highest BCUT2D eigenvalue weighted by Gasteiger charge is 2.30. The van der Waals surface area contributed by atoms with Crippen molar-refractivity contribution in [1.82, 2.24) is 4.90 Å². The number of aliphatic carboxylic acids is 1. The maximum absolute atomic E-state index is 12.0. The summed E-state index contributed by atoms with van der Waals surface area (Å²) in [6, 6.07) is 4.34. The van der Waals surface area contributed by atoms with Gasteiger partial charge in [-0.05, 0) is 19.1 Å². The third-order valence-corrected chi connectivity index (χ3v) is 2.44. The SMILES string of the molecule is CC(=O)N(C(=O)c1ccccc1O)[C@@H](C)C(=O)O. The number of aromatic hydroxyl groups is 1. The number of phenols is 1. The summed E-state index contributed by atoms with van der Waals surface area (Å²) in [6.07, 6.45) is 0. The Balaban J connectivity index is 3.16. The molecule has 18 heavy (non-hydrogen) atoms. The fourth-order valence-corrected chi connectivity index (χ4v) is 1.49. The Morgan fingerprint density at radius 1 is 1.22 bits per heavy atom. The molecule has 1 aromatic carbocycles. The fraction of sp³-hybridized carbons (Fsp3) is 0.250. The van der Waals surface area contributed by atoms with E-state index in [1.807, 2.05) is 0 Å². The predicted molar refractivity (Wildman–Crippen MR) is 62.1 cm³/mol. The second-order valence-corrected chi connectivity index (χ2v) is 3.73. The third kappa shape index (κ3) is 2.65. The van der Waals surface area contributed by atoms with Gasteiger partial charge in [-0.3, -0.25) is 14.5 Å². The van der Waals surface area contributed by atoms with E-state index < -0.39 is 23.8 Å². The first-order valence-corrected chi connectivity index (χ1v) is 5.21. The molecule has 6 heteroatoms. The lowest BCUT2D eigenvalue weighted by atomic mass is 10.1. The Morgan fingerprint density at radius 2 is 1.78 bits per heavy atom. The van der Waals surface area contributed by atoms with Gasteiger partial charge in [0.2, 0.25) is 5.91 Å². The molecular formula is C12H13NO5. The first-order chi connectivity index (χ1) is 8.36. The number of carboxylic acid groups (broad SMARTS) is 1. The van der Waals surface area contributed by atoms with E-state index in [1.165, 1.54) is 31.2 Å². The molecule has 2 amide bonds. The monoisotopic (exact) mass is 251 g/mol. The molecule has 0 saturated carbocycles. The van der Waals surface area contributed by atoms with Crippen LogP contribution in [-0.2, 0) is 9.59 Å². The zero-order valence-corrected chi connectivity index (χ0v) is 9.95. The van der Waals surface area contributed by atoms with Crippen molar-refractivity contribution in [2.24, 2.45) is 0 Å². The first-order valence-electron chi connectivity index (χ1n) is 5.21. The highest BCUT2D eigenvalue weighted by Crippen LogP contribution is 2.19. The smallest absolute Gasteiger partial charge is 0.326 e. The number of nitrogens with zero attached hydrogens (tertiary/aromatic N) is 1. The Morgan fingerprint density at radius 3 is 2.22 bits per heavy atom. The van der Waals surface area contributed by atoms with E-state index in [1.54, 1.807) is 0 Å². The van der Waals surface area contributed by atoms with E-state index >= 15 is 0 Å². The van der Waals surface area contributed by atoms with Crippen LogP contribution in [-0.4, -0.2) is 38.9 Å². The number of amides is 2. The minimum absolute atomic E-state index is 0.110. The van der Waals surface area contributed by atoms with Crippen LogP contribution in [0.4, 0.5) is 0 Å². The van der Waals surface area contributed by atoms with Gasteiger partial charge in [-0.1, -0.05) is 12.1 Å². The van der Waals surface area contributed by atoms with E-state index in [-0.39, 0.29) is 11.3 Å². The summed E-state index contributed by atoms with van der Waals surface area (Å²) < 4.78 is 0. The van der Waals surface area contributed by atoms with Gasteiger partial charge in [-0.25, -0.2) is 4.79 Å².